The van der Waals surface area contributed by atoms with Gasteiger partial charge in [0.25, 0.3) is 5.91 Å². The summed E-state index contributed by atoms with van der Waals surface area (Å²) in [5.74, 6) is 0.308. The summed E-state index contributed by atoms with van der Waals surface area (Å²) in [4.78, 5) is 26.5. The first kappa shape index (κ1) is 19.7. The molecule has 2 N–H and O–H groups in total. The van der Waals surface area contributed by atoms with Crippen LogP contribution < -0.4 is 10.0 Å². The van der Waals surface area contributed by atoms with Gasteiger partial charge in [0, 0.05) is 36.3 Å². The molecule has 1 heterocycles. The third-order valence-electron chi connectivity index (χ3n) is 4.94. The normalized spacial score (nSPS) is 18.2. The summed E-state index contributed by atoms with van der Waals surface area (Å²) in [7, 11) is -3.39. The molecular weight excluding hydrogens is 366 g/mol. The molecule has 2 fully saturated rings. The quantitative estimate of drug-likeness (QED) is 0.740. The van der Waals surface area contributed by atoms with E-state index in [4.69, 9.17) is 0 Å². The standard InChI is InChI=1S/C19H27N3O4S/c1-2-12-27(25,26)21-17-5-3-4-15(13-17)18(23)20-16-8-10-22(11-9-16)19(24)14-6-7-14/h3-5,13-14,16,21H,2,6-12H2,1H3,(H,20,23). The number of hydrogen-bond donors (Lipinski definition) is 2. The highest BCUT2D eigenvalue weighted by atomic mass is 32.2. The lowest BCUT2D eigenvalue weighted by molar-refractivity contribution is -0.133. The summed E-state index contributed by atoms with van der Waals surface area (Å²) in [5.41, 5.74) is 0.809. The summed E-state index contributed by atoms with van der Waals surface area (Å²) in [6, 6.07) is 6.54. The number of sulfonamides is 1. The molecule has 1 aliphatic carbocycles. The van der Waals surface area contributed by atoms with E-state index in [9.17, 15) is 18.0 Å². The van der Waals surface area contributed by atoms with Gasteiger partial charge in [0.05, 0.1) is 5.75 Å². The molecule has 8 heteroatoms. The van der Waals surface area contributed by atoms with Crippen LogP contribution in [0.4, 0.5) is 5.69 Å². The maximum Gasteiger partial charge on any atom is 0.251 e. The van der Waals surface area contributed by atoms with Crippen LogP contribution in [0.3, 0.4) is 0 Å². The van der Waals surface area contributed by atoms with Crippen LogP contribution in [0.5, 0.6) is 0 Å². The maximum absolute atomic E-state index is 12.5. The summed E-state index contributed by atoms with van der Waals surface area (Å²) in [6.45, 7) is 3.15. The van der Waals surface area contributed by atoms with Crippen molar-refractivity contribution in [2.45, 2.75) is 45.1 Å². The molecule has 3 rings (SSSR count). The number of hydrogen-bond acceptors (Lipinski definition) is 4. The van der Waals surface area contributed by atoms with Crippen molar-refractivity contribution in [3.05, 3.63) is 29.8 Å². The molecule has 0 spiro atoms. The fourth-order valence-electron chi connectivity index (χ4n) is 3.32. The Hall–Kier alpha value is -2.09. The molecule has 1 saturated heterocycles. The average molecular weight is 394 g/mol. The number of piperidine rings is 1. The molecule has 1 saturated carbocycles. The Morgan fingerprint density at radius 2 is 1.85 bits per heavy atom. The number of amides is 2. The van der Waals surface area contributed by atoms with E-state index in [1.807, 2.05) is 4.90 Å². The van der Waals surface area contributed by atoms with Crippen molar-refractivity contribution in [2.75, 3.05) is 23.6 Å². The van der Waals surface area contributed by atoms with Gasteiger partial charge in [-0.05, 0) is 50.3 Å². The van der Waals surface area contributed by atoms with Gasteiger partial charge >= 0.3 is 0 Å². The van der Waals surface area contributed by atoms with Crippen molar-refractivity contribution in [3.63, 3.8) is 0 Å². The Labute approximate surface area is 160 Å². The first-order valence-electron chi connectivity index (χ1n) is 9.58. The highest BCUT2D eigenvalue weighted by Gasteiger charge is 2.35. The van der Waals surface area contributed by atoms with Crippen LogP contribution in [0, 0.1) is 5.92 Å². The SMILES string of the molecule is CCCS(=O)(=O)Nc1cccc(C(=O)NC2CCN(C(=O)C3CC3)CC2)c1. The first-order valence-corrected chi connectivity index (χ1v) is 11.2. The molecule has 1 aliphatic heterocycles. The number of nitrogens with one attached hydrogen (secondary N) is 2. The number of carbonyl (C=O) groups excluding carboxylic acids is 2. The highest BCUT2D eigenvalue weighted by molar-refractivity contribution is 7.92. The van der Waals surface area contributed by atoms with Crippen LogP contribution >= 0.6 is 0 Å². The van der Waals surface area contributed by atoms with E-state index in [-0.39, 0.29) is 29.5 Å². The van der Waals surface area contributed by atoms with E-state index < -0.39 is 10.0 Å². The Morgan fingerprint density at radius 1 is 1.15 bits per heavy atom. The van der Waals surface area contributed by atoms with Crippen LogP contribution in [-0.4, -0.2) is 50.0 Å². The second kappa shape index (κ2) is 8.29. The molecule has 2 amide bonds. The third kappa shape index (κ3) is 5.45. The largest absolute Gasteiger partial charge is 0.349 e. The van der Waals surface area contributed by atoms with Crippen LogP contribution in [0.2, 0.25) is 0 Å². The highest BCUT2D eigenvalue weighted by Crippen LogP contribution is 2.31. The third-order valence-corrected chi connectivity index (χ3v) is 6.43. The van der Waals surface area contributed by atoms with E-state index in [1.54, 1.807) is 31.2 Å². The summed E-state index contributed by atoms with van der Waals surface area (Å²) < 4.78 is 26.3. The fourth-order valence-corrected chi connectivity index (χ4v) is 4.45. The van der Waals surface area contributed by atoms with Gasteiger partial charge in [-0.2, -0.15) is 0 Å². The number of likely N-dealkylation sites (tertiary alicyclic amines) is 1. The van der Waals surface area contributed by atoms with Gasteiger partial charge in [0.2, 0.25) is 15.9 Å². The number of carbonyl (C=O) groups is 2. The second-order valence-corrected chi connectivity index (χ2v) is 9.19. The van der Waals surface area contributed by atoms with Crippen LogP contribution in [0.25, 0.3) is 0 Å². The predicted octanol–water partition coefficient (Wildman–Crippen LogP) is 1.97. The van der Waals surface area contributed by atoms with Crippen LogP contribution in [0.1, 0.15) is 49.4 Å². The van der Waals surface area contributed by atoms with Crippen molar-refractivity contribution in [3.8, 4) is 0 Å². The Bertz CT molecular complexity index is 797. The number of benzene rings is 1. The second-order valence-electron chi connectivity index (χ2n) is 7.35. The molecule has 2 aliphatic rings. The molecule has 0 atom stereocenters. The van der Waals surface area contributed by atoms with Crippen LogP contribution in [0.15, 0.2) is 24.3 Å². The molecule has 0 aromatic heterocycles. The fraction of sp³-hybridized carbons (Fsp3) is 0.579. The lowest BCUT2D eigenvalue weighted by Gasteiger charge is -2.32. The zero-order valence-corrected chi connectivity index (χ0v) is 16.4. The van der Waals surface area contributed by atoms with E-state index >= 15 is 0 Å². The topological polar surface area (TPSA) is 95.6 Å². The minimum absolute atomic E-state index is 0.0289. The van der Waals surface area contributed by atoms with Crippen molar-refractivity contribution in [1.29, 1.82) is 0 Å². The monoisotopic (exact) mass is 393 g/mol. The Morgan fingerprint density at radius 3 is 2.48 bits per heavy atom. The smallest absolute Gasteiger partial charge is 0.251 e. The van der Waals surface area contributed by atoms with Gasteiger partial charge in [-0.25, -0.2) is 8.42 Å². The molecular formula is C19H27N3O4S. The minimum Gasteiger partial charge on any atom is -0.349 e. The molecule has 0 bridgehead atoms. The van der Waals surface area contributed by atoms with Crippen LogP contribution in [-0.2, 0) is 14.8 Å². The molecule has 27 heavy (non-hydrogen) atoms. The zero-order valence-electron chi connectivity index (χ0n) is 15.6. The first-order chi connectivity index (χ1) is 12.9. The number of nitrogens with zero attached hydrogens (tertiary/aromatic N) is 1. The van der Waals surface area contributed by atoms with Gasteiger partial charge in [0.1, 0.15) is 0 Å². The van der Waals surface area contributed by atoms with Gasteiger partial charge in [-0.15, -0.1) is 0 Å². The van der Waals surface area contributed by atoms with Crippen molar-refractivity contribution >= 4 is 27.5 Å². The number of anilines is 1. The van der Waals surface area contributed by atoms with Gasteiger partial charge in [-0.3, -0.25) is 14.3 Å². The van der Waals surface area contributed by atoms with E-state index in [2.05, 4.69) is 10.0 Å². The maximum atomic E-state index is 12.5. The van der Waals surface area contributed by atoms with Crippen molar-refractivity contribution < 1.29 is 18.0 Å². The summed E-state index contributed by atoms with van der Waals surface area (Å²) >= 11 is 0. The van der Waals surface area contributed by atoms with Gasteiger partial charge in [0.15, 0.2) is 0 Å². The summed E-state index contributed by atoms with van der Waals surface area (Å²) in [5, 5.41) is 3.00. The Kier molecular flexibility index (Phi) is 6.04. The molecule has 1 aromatic carbocycles. The van der Waals surface area contributed by atoms with Crippen molar-refractivity contribution in [1.82, 2.24) is 10.2 Å². The minimum atomic E-state index is -3.39. The van der Waals surface area contributed by atoms with E-state index in [1.165, 1.54) is 0 Å². The number of rotatable bonds is 7. The molecule has 0 radical (unpaired) electrons. The van der Waals surface area contributed by atoms with E-state index in [0.717, 1.165) is 25.7 Å². The molecule has 0 unspecified atom stereocenters. The zero-order chi connectivity index (χ0) is 19.4. The van der Waals surface area contributed by atoms with E-state index in [0.29, 0.717) is 30.8 Å². The predicted molar refractivity (Wildman–Crippen MR) is 104 cm³/mol. The lowest BCUT2D eigenvalue weighted by atomic mass is 10.0. The van der Waals surface area contributed by atoms with Crippen molar-refractivity contribution in [2.24, 2.45) is 5.92 Å². The molecule has 148 valence electrons. The molecule has 1 aromatic rings. The molecule has 7 nitrogen and oxygen atoms in total. The average Bonchev–Trinajstić information content (AvgIpc) is 3.46. The summed E-state index contributed by atoms with van der Waals surface area (Å²) in [6.07, 6.45) is 4.03. The van der Waals surface area contributed by atoms with Gasteiger partial charge in [-0.1, -0.05) is 13.0 Å². The Balaban J connectivity index is 1.54. The van der Waals surface area contributed by atoms with Gasteiger partial charge < -0.3 is 10.2 Å². The lowest BCUT2D eigenvalue weighted by Crippen LogP contribution is -2.47.